The van der Waals surface area contributed by atoms with Crippen molar-refractivity contribution in [2.75, 3.05) is 31.9 Å². The molecule has 1 fully saturated rings. The summed E-state index contributed by atoms with van der Waals surface area (Å²) in [6.45, 7) is 5.84. The van der Waals surface area contributed by atoms with Crippen molar-refractivity contribution in [3.05, 3.63) is 29.3 Å². The fourth-order valence-corrected chi connectivity index (χ4v) is 2.51. The average molecular weight is 261 g/mol. The maximum absolute atomic E-state index is 12.1. The molecule has 0 aromatic heterocycles. The quantitative estimate of drug-likeness (QED) is 0.812. The second-order valence-electron chi connectivity index (χ2n) is 5.18. The molecule has 3 N–H and O–H groups in total. The summed E-state index contributed by atoms with van der Waals surface area (Å²) in [5.41, 5.74) is 8.02. The molecule has 1 aromatic rings. The van der Waals surface area contributed by atoms with Crippen LogP contribution in [0.25, 0.3) is 0 Å². The van der Waals surface area contributed by atoms with E-state index >= 15 is 0 Å². The van der Waals surface area contributed by atoms with Crippen LogP contribution in [0.2, 0.25) is 0 Å². The minimum absolute atomic E-state index is 0.0261. The molecule has 0 saturated carbocycles. The topological polar surface area (TPSA) is 58.4 Å². The number of carbonyl (C=O) groups is 1. The summed E-state index contributed by atoms with van der Waals surface area (Å²) < 4.78 is 0. The zero-order valence-corrected chi connectivity index (χ0v) is 11.6. The Bertz CT molecular complexity index is 439. The minimum Gasteiger partial charge on any atom is -0.398 e. The van der Waals surface area contributed by atoms with Gasteiger partial charge >= 0.3 is 0 Å². The Morgan fingerprint density at radius 2 is 2.05 bits per heavy atom. The molecule has 0 spiro atoms. The van der Waals surface area contributed by atoms with Crippen LogP contribution in [-0.4, -0.2) is 37.0 Å². The zero-order chi connectivity index (χ0) is 13.7. The number of amides is 1. The Labute approximate surface area is 115 Å². The fraction of sp³-hybridized carbons (Fsp3) is 0.533. The first-order chi connectivity index (χ1) is 9.18. The molecule has 0 aliphatic carbocycles. The van der Waals surface area contributed by atoms with Gasteiger partial charge in [-0.05, 0) is 50.6 Å². The molecule has 0 radical (unpaired) electrons. The van der Waals surface area contributed by atoms with Gasteiger partial charge in [0.05, 0.1) is 0 Å². The van der Waals surface area contributed by atoms with Gasteiger partial charge in [-0.3, -0.25) is 4.79 Å². The van der Waals surface area contributed by atoms with Crippen LogP contribution in [0.15, 0.2) is 18.2 Å². The summed E-state index contributed by atoms with van der Waals surface area (Å²) in [5, 5.41) is 2.98. The Balaban J connectivity index is 1.82. The predicted octanol–water partition coefficient (Wildman–Crippen LogP) is 1.79. The Hall–Kier alpha value is -1.55. The van der Waals surface area contributed by atoms with Crippen LogP contribution in [0.1, 0.15) is 35.2 Å². The summed E-state index contributed by atoms with van der Waals surface area (Å²) in [4.78, 5) is 14.5. The van der Waals surface area contributed by atoms with Crippen LogP contribution in [0.4, 0.5) is 5.69 Å². The number of carbonyl (C=O) groups excluding carboxylic acids is 1. The van der Waals surface area contributed by atoms with Gasteiger partial charge in [-0.2, -0.15) is 0 Å². The molecule has 19 heavy (non-hydrogen) atoms. The summed E-state index contributed by atoms with van der Waals surface area (Å²) >= 11 is 0. The molecule has 1 amide bonds. The summed E-state index contributed by atoms with van der Waals surface area (Å²) in [6, 6.07) is 5.46. The van der Waals surface area contributed by atoms with Gasteiger partial charge in [0.15, 0.2) is 0 Å². The van der Waals surface area contributed by atoms with Crippen molar-refractivity contribution in [3.8, 4) is 0 Å². The average Bonchev–Trinajstić information content (AvgIpc) is 2.43. The van der Waals surface area contributed by atoms with E-state index in [4.69, 9.17) is 5.73 Å². The highest BCUT2D eigenvalue weighted by atomic mass is 16.1. The molecule has 1 aliphatic rings. The Kier molecular flexibility index (Phi) is 4.80. The second kappa shape index (κ2) is 6.57. The van der Waals surface area contributed by atoms with E-state index in [-0.39, 0.29) is 5.91 Å². The number of benzene rings is 1. The first kappa shape index (κ1) is 13.9. The van der Waals surface area contributed by atoms with E-state index < -0.39 is 0 Å². The van der Waals surface area contributed by atoms with E-state index in [0.29, 0.717) is 17.8 Å². The lowest BCUT2D eigenvalue weighted by atomic mass is 10.1. The number of hydrogen-bond donors (Lipinski definition) is 2. The van der Waals surface area contributed by atoms with Gasteiger partial charge in [-0.1, -0.05) is 12.5 Å². The van der Waals surface area contributed by atoms with Crippen molar-refractivity contribution in [2.24, 2.45) is 0 Å². The number of nitrogens with two attached hydrogens (primary N) is 1. The summed E-state index contributed by atoms with van der Waals surface area (Å²) in [5.74, 6) is -0.0261. The number of piperidine rings is 1. The monoisotopic (exact) mass is 261 g/mol. The predicted molar refractivity (Wildman–Crippen MR) is 78.2 cm³/mol. The molecule has 1 aliphatic heterocycles. The Morgan fingerprint density at radius 1 is 1.32 bits per heavy atom. The van der Waals surface area contributed by atoms with E-state index in [1.807, 2.05) is 25.1 Å². The lowest BCUT2D eigenvalue weighted by molar-refractivity contribution is 0.0946. The molecule has 4 nitrogen and oxygen atoms in total. The molecule has 1 heterocycles. The molecule has 104 valence electrons. The molecular weight excluding hydrogens is 238 g/mol. The van der Waals surface area contributed by atoms with Crippen molar-refractivity contribution < 1.29 is 4.79 Å². The van der Waals surface area contributed by atoms with Crippen molar-refractivity contribution in [3.63, 3.8) is 0 Å². The molecule has 0 atom stereocenters. The van der Waals surface area contributed by atoms with E-state index in [2.05, 4.69) is 10.2 Å². The highest BCUT2D eigenvalue weighted by Gasteiger charge is 2.12. The first-order valence-corrected chi connectivity index (χ1v) is 7.04. The van der Waals surface area contributed by atoms with E-state index in [9.17, 15) is 4.79 Å². The number of nitrogens with zero attached hydrogens (tertiary/aromatic N) is 1. The normalized spacial score (nSPS) is 16.3. The summed E-state index contributed by atoms with van der Waals surface area (Å²) in [6.07, 6.45) is 3.90. The van der Waals surface area contributed by atoms with Gasteiger partial charge < -0.3 is 16.0 Å². The maximum Gasteiger partial charge on any atom is 0.251 e. The number of nitrogens with one attached hydrogen (secondary N) is 1. The van der Waals surface area contributed by atoms with E-state index in [0.717, 1.165) is 25.2 Å². The van der Waals surface area contributed by atoms with Gasteiger partial charge in [0.2, 0.25) is 0 Å². The van der Waals surface area contributed by atoms with Gasteiger partial charge in [0.25, 0.3) is 5.91 Å². The minimum atomic E-state index is -0.0261. The van der Waals surface area contributed by atoms with Crippen molar-refractivity contribution in [1.29, 1.82) is 0 Å². The molecular formula is C15H23N3O. The largest absolute Gasteiger partial charge is 0.398 e. The Morgan fingerprint density at radius 3 is 2.79 bits per heavy atom. The molecule has 0 bridgehead atoms. The highest BCUT2D eigenvalue weighted by molar-refractivity contribution is 5.96. The highest BCUT2D eigenvalue weighted by Crippen LogP contribution is 2.15. The van der Waals surface area contributed by atoms with Gasteiger partial charge in [0, 0.05) is 24.3 Å². The first-order valence-electron chi connectivity index (χ1n) is 7.04. The molecule has 1 saturated heterocycles. The van der Waals surface area contributed by atoms with Crippen molar-refractivity contribution in [2.45, 2.75) is 26.2 Å². The smallest absolute Gasteiger partial charge is 0.251 e. The molecule has 1 aromatic carbocycles. The van der Waals surface area contributed by atoms with E-state index in [1.54, 1.807) is 0 Å². The van der Waals surface area contributed by atoms with Crippen molar-refractivity contribution in [1.82, 2.24) is 10.2 Å². The van der Waals surface area contributed by atoms with Crippen LogP contribution in [-0.2, 0) is 0 Å². The SMILES string of the molecule is Cc1c(N)cccc1C(=O)NCCN1CCCCC1. The lowest BCUT2D eigenvalue weighted by Gasteiger charge is -2.26. The molecule has 2 rings (SSSR count). The van der Waals surface area contributed by atoms with E-state index in [1.165, 1.54) is 19.3 Å². The zero-order valence-electron chi connectivity index (χ0n) is 11.6. The van der Waals surface area contributed by atoms with Crippen LogP contribution < -0.4 is 11.1 Å². The third-order valence-corrected chi connectivity index (χ3v) is 3.78. The second-order valence-corrected chi connectivity index (χ2v) is 5.18. The third-order valence-electron chi connectivity index (χ3n) is 3.78. The maximum atomic E-state index is 12.1. The fourth-order valence-electron chi connectivity index (χ4n) is 2.51. The van der Waals surface area contributed by atoms with Gasteiger partial charge in [0.1, 0.15) is 0 Å². The van der Waals surface area contributed by atoms with Crippen LogP contribution in [0.3, 0.4) is 0 Å². The van der Waals surface area contributed by atoms with Gasteiger partial charge in [-0.25, -0.2) is 0 Å². The third kappa shape index (κ3) is 3.70. The standard InChI is InChI=1S/C15H23N3O/c1-12-13(6-5-7-14(12)16)15(19)17-8-11-18-9-3-2-4-10-18/h5-7H,2-4,8-11,16H2,1H3,(H,17,19). The number of rotatable bonds is 4. The number of nitrogen functional groups attached to an aromatic ring is 1. The van der Waals surface area contributed by atoms with Crippen LogP contribution >= 0.6 is 0 Å². The lowest BCUT2D eigenvalue weighted by Crippen LogP contribution is -2.37. The number of likely N-dealkylation sites (tertiary alicyclic amines) is 1. The van der Waals surface area contributed by atoms with Crippen molar-refractivity contribution >= 4 is 11.6 Å². The number of anilines is 1. The molecule has 0 unspecified atom stereocenters. The van der Waals surface area contributed by atoms with Gasteiger partial charge in [-0.15, -0.1) is 0 Å². The number of hydrogen-bond acceptors (Lipinski definition) is 3. The van der Waals surface area contributed by atoms with Crippen LogP contribution in [0, 0.1) is 6.92 Å². The van der Waals surface area contributed by atoms with Crippen LogP contribution in [0.5, 0.6) is 0 Å². The molecule has 4 heteroatoms. The summed E-state index contributed by atoms with van der Waals surface area (Å²) in [7, 11) is 0.